The molecule has 1 aromatic rings. The molecule has 2 atom stereocenters. The van der Waals surface area contributed by atoms with Gasteiger partial charge in [-0.15, -0.1) is 12.4 Å². The highest BCUT2D eigenvalue weighted by Gasteiger charge is 2.34. The zero-order valence-electron chi connectivity index (χ0n) is 20.2. The standard InChI is InChI=1S/C24H38N4O4.ClH/c1-17(2)14-21(23(30)26-28(16-18(3)4)22(29)15-25-5)20(24(31)27-32)13-9-12-19-10-7-6-8-11-19;/h6-12,17-18,20-21,25,32H,13-16H2,1-5H3,(H,26,30)(H,27,31);1H/t20-,21+;/m0./s1. The van der Waals surface area contributed by atoms with Crippen LogP contribution >= 0.6 is 12.4 Å². The van der Waals surface area contributed by atoms with Crippen LogP contribution in [0.4, 0.5) is 0 Å². The summed E-state index contributed by atoms with van der Waals surface area (Å²) in [6, 6.07) is 9.62. The Morgan fingerprint density at radius 3 is 2.15 bits per heavy atom. The molecule has 1 aromatic carbocycles. The Hall–Kier alpha value is -2.42. The second-order valence-electron chi connectivity index (χ2n) is 8.77. The molecule has 186 valence electrons. The first-order valence-corrected chi connectivity index (χ1v) is 11.1. The van der Waals surface area contributed by atoms with Crippen LogP contribution in [-0.4, -0.2) is 48.1 Å². The third-order valence-electron chi connectivity index (χ3n) is 4.92. The molecule has 1 rings (SSSR count). The van der Waals surface area contributed by atoms with E-state index in [0.717, 1.165) is 5.56 Å². The van der Waals surface area contributed by atoms with E-state index >= 15 is 0 Å². The fraction of sp³-hybridized carbons (Fsp3) is 0.542. The summed E-state index contributed by atoms with van der Waals surface area (Å²) >= 11 is 0. The van der Waals surface area contributed by atoms with E-state index < -0.39 is 23.7 Å². The number of halogens is 1. The lowest BCUT2D eigenvalue weighted by molar-refractivity contribution is -0.147. The van der Waals surface area contributed by atoms with Crippen molar-refractivity contribution in [1.29, 1.82) is 0 Å². The number of nitrogens with zero attached hydrogens (tertiary/aromatic N) is 1. The number of amides is 3. The average molecular weight is 483 g/mol. The minimum Gasteiger partial charge on any atom is -0.311 e. The first-order chi connectivity index (χ1) is 15.2. The third-order valence-corrected chi connectivity index (χ3v) is 4.92. The summed E-state index contributed by atoms with van der Waals surface area (Å²) < 4.78 is 0. The highest BCUT2D eigenvalue weighted by atomic mass is 35.5. The zero-order chi connectivity index (χ0) is 24.1. The number of carbonyl (C=O) groups excluding carboxylic acids is 3. The van der Waals surface area contributed by atoms with Gasteiger partial charge in [-0.05, 0) is 37.3 Å². The highest BCUT2D eigenvalue weighted by Crippen LogP contribution is 2.25. The minimum atomic E-state index is -0.789. The molecule has 0 bridgehead atoms. The van der Waals surface area contributed by atoms with Crippen LogP contribution in [0.5, 0.6) is 0 Å². The molecular weight excluding hydrogens is 444 g/mol. The molecule has 0 saturated heterocycles. The summed E-state index contributed by atoms with van der Waals surface area (Å²) in [5, 5.41) is 13.4. The van der Waals surface area contributed by atoms with Gasteiger partial charge in [0, 0.05) is 6.54 Å². The molecule has 9 heteroatoms. The van der Waals surface area contributed by atoms with Crippen LogP contribution in [0.15, 0.2) is 36.4 Å². The second kappa shape index (κ2) is 16.2. The molecule has 0 unspecified atom stereocenters. The van der Waals surface area contributed by atoms with Crippen LogP contribution in [-0.2, 0) is 14.4 Å². The van der Waals surface area contributed by atoms with Crippen molar-refractivity contribution in [2.45, 2.75) is 40.5 Å². The first-order valence-electron chi connectivity index (χ1n) is 11.1. The summed E-state index contributed by atoms with van der Waals surface area (Å²) in [7, 11) is 1.66. The van der Waals surface area contributed by atoms with Crippen LogP contribution < -0.4 is 16.2 Å². The van der Waals surface area contributed by atoms with E-state index in [2.05, 4.69) is 10.7 Å². The van der Waals surface area contributed by atoms with Gasteiger partial charge in [-0.3, -0.25) is 30.0 Å². The monoisotopic (exact) mass is 482 g/mol. The van der Waals surface area contributed by atoms with Gasteiger partial charge in [0.05, 0.1) is 18.4 Å². The highest BCUT2D eigenvalue weighted by molar-refractivity contribution is 5.89. The Kier molecular flexibility index (Phi) is 15.0. The number of rotatable bonds is 12. The smallest absolute Gasteiger partial charge is 0.254 e. The number of hydrazine groups is 1. The van der Waals surface area contributed by atoms with E-state index in [1.54, 1.807) is 12.5 Å². The lowest BCUT2D eigenvalue weighted by atomic mass is 9.82. The molecule has 33 heavy (non-hydrogen) atoms. The number of carbonyl (C=O) groups is 3. The van der Waals surface area contributed by atoms with Gasteiger partial charge in [-0.25, -0.2) is 5.48 Å². The van der Waals surface area contributed by atoms with Gasteiger partial charge in [0.1, 0.15) is 0 Å². The molecule has 4 N–H and O–H groups in total. The molecular formula is C24H39ClN4O4. The van der Waals surface area contributed by atoms with Crippen LogP contribution in [0, 0.1) is 23.7 Å². The van der Waals surface area contributed by atoms with Crippen molar-refractivity contribution in [2.24, 2.45) is 23.7 Å². The Morgan fingerprint density at radius 1 is 1.00 bits per heavy atom. The number of allylic oxidation sites excluding steroid dienone is 1. The van der Waals surface area contributed by atoms with Crippen molar-refractivity contribution in [1.82, 2.24) is 21.2 Å². The number of hydroxylamine groups is 1. The summed E-state index contributed by atoms with van der Waals surface area (Å²) in [6.07, 6.45) is 4.40. The van der Waals surface area contributed by atoms with Crippen LogP contribution in [0.25, 0.3) is 6.08 Å². The third kappa shape index (κ3) is 11.3. The van der Waals surface area contributed by atoms with E-state index in [1.807, 2.05) is 70.2 Å². The molecule has 8 nitrogen and oxygen atoms in total. The van der Waals surface area contributed by atoms with Crippen LogP contribution in [0.1, 0.15) is 46.1 Å². The molecule has 0 spiro atoms. The molecule has 0 aliphatic rings. The van der Waals surface area contributed by atoms with Gasteiger partial charge < -0.3 is 5.32 Å². The number of hydrogen-bond donors (Lipinski definition) is 4. The largest absolute Gasteiger partial charge is 0.311 e. The summed E-state index contributed by atoms with van der Waals surface area (Å²) in [5.41, 5.74) is 5.41. The van der Waals surface area contributed by atoms with Gasteiger partial charge in [0.25, 0.3) is 5.91 Å². The fourth-order valence-electron chi connectivity index (χ4n) is 3.45. The molecule has 0 radical (unpaired) electrons. The molecule has 3 amide bonds. The van der Waals surface area contributed by atoms with Gasteiger partial charge >= 0.3 is 0 Å². The molecule has 0 saturated carbocycles. The Balaban J connectivity index is 0.0000102. The van der Waals surface area contributed by atoms with Gasteiger partial charge in [-0.2, -0.15) is 0 Å². The molecule has 0 aromatic heterocycles. The first kappa shape index (κ1) is 30.6. The molecule has 0 aliphatic carbocycles. The normalized spacial score (nSPS) is 12.8. The quantitative estimate of drug-likeness (QED) is 0.270. The maximum absolute atomic E-state index is 13.3. The number of benzene rings is 1. The van der Waals surface area contributed by atoms with E-state index in [9.17, 15) is 19.6 Å². The predicted molar refractivity (Wildman–Crippen MR) is 132 cm³/mol. The topological polar surface area (TPSA) is 111 Å². The molecule has 0 heterocycles. The minimum absolute atomic E-state index is 0. The maximum Gasteiger partial charge on any atom is 0.254 e. The van der Waals surface area contributed by atoms with Crippen molar-refractivity contribution in [2.75, 3.05) is 20.1 Å². The second-order valence-corrected chi connectivity index (χ2v) is 8.77. The van der Waals surface area contributed by atoms with Crippen molar-refractivity contribution in [3.05, 3.63) is 42.0 Å². The van der Waals surface area contributed by atoms with Crippen LogP contribution in [0.3, 0.4) is 0 Å². The SMILES string of the molecule is CNCC(=O)N(CC(C)C)NC(=O)[C@H](CC(C)C)[C@H](CC=Cc1ccccc1)C(=O)NO.Cl. The number of nitrogens with one attached hydrogen (secondary N) is 3. The van der Waals surface area contributed by atoms with Gasteiger partial charge in [-0.1, -0.05) is 70.2 Å². The van der Waals surface area contributed by atoms with Gasteiger partial charge in [0.2, 0.25) is 11.8 Å². The number of hydrogen-bond acceptors (Lipinski definition) is 5. The predicted octanol–water partition coefficient (Wildman–Crippen LogP) is 3.03. The van der Waals surface area contributed by atoms with E-state index in [-0.39, 0.29) is 43.1 Å². The lowest BCUT2D eigenvalue weighted by Crippen LogP contribution is -2.53. The van der Waals surface area contributed by atoms with Crippen molar-refractivity contribution in [3.8, 4) is 0 Å². The summed E-state index contributed by atoms with van der Waals surface area (Å²) in [4.78, 5) is 38.2. The fourth-order valence-corrected chi connectivity index (χ4v) is 3.45. The Bertz CT molecular complexity index is 756. The average Bonchev–Trinajstić information content (AvgIpc) is 2.74. The van der Waals surface area contributed by atoms with Crippen molar-refractivity contribution >= 4 is 36.2 Å². The zero-order valence-corrected chi connectivity index (χ0v) is 21.0. The molecule has 0 fully saturated rings. The Labute approximate surface area is 203 Å². The Morgan fingerprint density at radius 2 is 1.64 bits per heavy atom. The van der Waals surface area contributed by atoms with Crippen molar-refractivity contribution < 1.29 is 19.6 Å². The van der Waals surface area contributed by atoms with Crippen molar-refractivity contribution in [3.63, 3.8) is 0 Å². The van der Waals surface area contributed by atoms with E-state index in [4.69, 9.17) is 0 Å². The van der Waals surface area contributed by atoms with E-state index in [1.165, 1.54) is 5.01 Å². The summed E-state index contributed by atoms with van der Waals surface area (Å²) in [6.45, 7) is 8.27. The lowest BCUT2D eigenvalue weighted by Gasteiger charge is -2.30. The molecule has 0 aliphatic heterocycles. The summed E-state index contributed by atoms with van der Waals surface area (Å²) in [5.74, 6) is -2.53. The maximum atomic E-state index is 13.3. The number of likely N-dealkylation sites (N-methyl/N-ethyl adjacent to an activating group) is 1. The van der Waals surface area contributed by atoms with Gasteiger partial charge in [0.15, 0.2) is 0 Å². The van der Waals surface area contributed by atoms with E-state index in [0.29, 0.717) is 13.0 Å². The van der Waals surface area contributed by atoms with Crippen LogP contribution in [0.2, 0.25) is 0 Å².